The van der Waals surface area contributed by atoms with Gasteiger partial charge >= 0.3 is 12.1 Å². The van der Waals surface area contributed by atoms with Crippen LogP contribution in [0.15, 0.2) is 48.5 Å². The predicted octanol–water partition coefficient (Wildman–Crippen LogP) is 2.52. The van der Waals surface area contributed by atoms with Crippen LogP contribution in [0.1, 0.15) is 5.56 Å². The third-order valence-corrected chi connectivity index (χ3v) is 4.82. The fourth-order valence-electron chi connectivity index (χ4n) is 3.28. The maximum absolute atomic E-state index is 12.4. The van der Waals surface area contributed by atoms with E-state index in [4.69, 9.17) is 9.47 Å². The Hall–Kier alpha value is -3.82. The molecule has 10 nitrogen and oxygen atoms in total. The normalized spacial score (nSPS) is 16.1. The number of nitro groups is 1. The summed E-state index contributed by atoms with van der Waals surface area (Å²) in [5.41, 5.74) is 0.708. The fraction of sp³-hybridized carbons (Fsp3) is 0.300. The number of carboxylic acids is 1. The quantitative estimate of drug-likeness (QED) is 0.564. The molecule has 1 amide bonds. The van der Waals surface area contributed by atoms with Crippen LogP contribution in [-0.2, 0) is 16.1 Å². The molecule has 0 aromatic heterocycles. The molecule has 1 aliphatic rings. The molecular weight excluding hydrogens is 394 g/mol. The molecule has 3 rings (SSSR count). The number of carbonyl (C=O) groups is 2. The number of hydrogen-bond donors (Lipinski definition) is 1. The first kappa shape index (κ1) is 20.9. The molecule has 0 radical (unpaired) electrons. The van der Waals surface area contributed by atoms with Gasteiger partial charge in [0.15, 0.2) is 0 Å². The standard InChI is InChI=1S/C20H21N3O7/c1-29-15-7-8-16(17(11-15)23(27)28)22-10-9-21(12-18(22)19(24)25)20(26)30-13-14-5-3-2-4-6-14/h2-8,11,18H,9-10,12-13H2,1H3,(H,24,25). The predicted molar refractivity (Wildman–Crippen MR) is 107 cm³/mol. The first-order chi connectivity index (χ1) is 14.4. The largest absolute Gasteiger partial charge is 0.496 e. The Bertz CT molecular complexity index is 935. The average Bonchev–Trinajstić information content (AvgIpc) is 2.77. The highest BCUT2D eigenvalue weighted by molar-refractivity contribution is 5.82. The number of piperazine rings is 1. The Morgan fingerprint density at radius 2 is 1.93 bits per heavy atom. The van der Waals surface area contributed by atoms with Crippen molar-refractivity contribution in [2.45, 2.75) is 12.6 Å². The molecule has 1 atom stereocenters. The van der Waals surface area contributed by atoms with Crippen LogP contribution >= 0.6 is 0 Å². The minimum absolute atomic E-state index is 0.0710. The number of amides is 1. The van der Waals surface area contributed by atoms with Gasteiger partial charge in [-0.25, -0.2) is 9.59 Å². The molecule has 0 spiro atoms. The van der Waals surface area contributed by atoms with Crippen molar-refractivity contribution in [2.75, 3.05) is 31.6 Å². The third kappa shape index (κ3) is 4.59. The van der Waals surface area contributed by atoms with Crippen molar-refractivity contribution < 1.29 is 29.1 Å². The van der Waals surface area contributed by atoms with Crippen LogP contribution < -0.4 is 9.64 Å². The second-order valence-electron chi connectivity index (χ2n) is 6.65. The summed E-state index contributed by atoms with van der Waals surface area (Å²) < 4.78 is 10.3. The number of aliphatic carboxylic acids is 1. The average molecular weight is 415 g/mol. The molecule has 0 saturated carbocycles. The highest BCUT2D eigenvalue weighted by atomic mass is 16.6. The SMILES string of the molecule is COc1ccc(N2CCN(C(=O)OCc3ccccc3)CC2C(=O)O)c([N+](=O)[O-])c1. The summed E-state index contributed by atoms with van der Waals surface area (Å²) in [6, 6.07) is 12.2. The number of anilines is 1. The topological polar surface area (TPSA) is 122 Å². The van der Waals surface area contributed by atoms with E-state index in [0.29, 0.717) is 5.75 Å². The van der Waals surface area contributed by atoms with Crippen molar-refractivity contribution in [1.29, 1.82) is 0 Å². The van der Waals surface area contributed by atoms with E-state index >= 15 is 0 Å². The smallest absolute Gasteiger partial charge is 0.410 e. The number of carbonyl (C=O) groups excluding carboxylic acids is 1. The molecule has 0 bridgehead atoms. The number of nitro benzene ring substituents is 1. The van der Waals surface area contributed by atoms with Crippen molar-refractivity contribution >= 4 is 23.4 Å². The maximum Gasteiger partial charge on any atom is 0.410 e. The van der Waals surface area contributed by atoms with Gasteiger partial charge in [0.2, 0.25) is 0 Å². The van der Waals surface area contributed by atoms with Crippen molar-refractivity contribution in [3.05, 3.63) is 64.2 Å². The minimum Gasteiger partial charge on any atom is -0.496 e. The molecule has 30 heavy (non-hydrogen) atoms. The van der Waals surface area contributed by atoms with E-state index in [0.717, 1.165) is 5.56 Å². The first-order valence-corrected chi connectivity index (χ1v) is 9.18. The summed E-state index contributed by atoms with van der Waals surface area (Å²) in [4.78, 5) is 37.9. The van der Waals surface area contributed by atoms with E-state index in [1.54, 1.807) is 0 Å². The molecule has 10 heteroatoms. The molecule has 158 valence electrons. The first-order valence-electron chi connectivity index (χ1n) is 9.18. The summed E-state index contributed by atoms with van der Waals surface area (Å²) >= 11 is 0. The van der Waals surface area contributed by atoms with Crippen LogP contribution in [0.2, 0.25) is 0 Å². The van der Waals surface area contributed by atoms with Gasteiger partial charge in [0.1, 0.15) is 24.1 Å². The van der Waals surface area contributed by atoms with Crippen LogP contribution in [0.3, 0.4) is 0 Å². The molecule has 2 aromatic rings. The zero-order valence-electron chi connectivity index (χ0n) is 16.3. The van der Waals surface area contributed by atoms with E-state index in [2.05, 4.69) is 0 Å². The van der Waals surface area contributed by atoms with E-state index in [1.807, 2.05) is 30.3 Å². The van der Waals surface area contributed by atoms with E-state index in [9.17, 15) is 24.8 Å². The number of rotatable bonds is 6. The van der Waals surface area contributed by atoms with Gasteiger partial charge in [0.05, 0.1) is 24.6 Å². The molecule has 1 N–H and O–H groups in total. The van der Waals surface area contributed by atoms with Gasteiger partial charge in [-0.3, -0.25) is 10.1 Å². The molecule has 2 aromatic carbocycles. The Balaban J connectivity index is 1.75. The van der Waals surface area contributed by atoms with Crippen LogP contribution in [0.4, 0.5) is 16.2 Å². The number of hydrogen-bond acceptors (Lipinski definition) is 7. The van der Waals surface area contributed by atoms with Gasteiger partial charge in [0, 0.05) is 13.1 Å². The van der Waals surface area contributed by atoms with Crippen molar-refractivity contribution in [3.8, 4) is 5.75 Å². The van der Waals surface area contributed by atoms with Crippen LogP contribution in [-0.4, -0.2) is 59.8 Å². The Morgan fingerprint density at radius 3 is 2.57 bits per heavy atom. The van der Waals surface area contributed by atoms with Crippen LogP contribution in [0.5, 0.6) is 5.75 Å². The van der Waals surface area contributed by atoms with Gasteiger partial charge in [-0.15, -0.1) is 0 Å². The van der Waals surface area contributed by atoms with Gasteiger partial charge in [-0.2, -0.15) is 0 Å². The minimum atomic E-state index is -1.19. The fourth-order valence-corrected chi connectivity index (χ4v) is 3.28. The molecular formula is C20H21N3O7. The van der Waals surface area contributed by atoms with E-state index < -0.39 is 23.0 Å². The summed E-state index contributed by atoms with van der Waals surface area (Å²) in [5, 5.41) is 21.2. The monoisotopic (exact) mass is 415 g/mol. The lowest BCUT2D eigenvalue weighted by Crippen LogP contribution is -2.58. The highest BCUT2D eigenvalue weighted by Crippen LogP contribution is 2.34. The number of ether oxygens (including phenoxy) is 2. The summed E-state index contributed by atoms with van der Waals surface area (Å²) in [6.07, 6.45) is -0.631. The summed E-state index contributed by atoms with van der Waals surface area (Å²) in [6.45, 7) is 0.179. The Kier molecular flexibility index (Phi) is 6.35. The van der Waals surface area contributed by atoms with E-state index in [-0.39, 0.29) is 37.6 Å². The van der Waals surface area contributed by atoms with Gasteiger partial charge in [0.25, 0.3) is 5.69 Å². The second kappa shape index (κ2) is 9.12. The van der Waals surface area contributed by atoms with Crippen molar-refractivity contribution in [3.63, 3.8) is 0 Å². The zero-order valence-corrected chi connectivity index (χ0v) is 16.3. The van der Waals surface area contributed by atoms with Crippen LogP contribution in [0, 0.1) is 10.1 Å². The number of nitrogens with zero attached hydrogens (tertiary/aromatic N) is 3. The lowest BCUT2D eigenvalue weighted by molar-refractivity contribution is -0.384. The maximum atomic E-state index is 12.4. The number of benzene rings is 2. The molecule has 1 fully saturated rings. The second-order valence-corrected chi connectivity index (χ2v) is 6.65. The van der Waals surface area contributed by atoms with Crippen molar-refractivity contribution in [2.24, 2.45) is 0 Å². The molecule has 1 unspecified atom stereocenters. The van der Waals surface area contributed by atoms with Crippen molar-refractivity contribution in [1.82, 2.24) is 4.90 Å². The number of methoxy groups -OCH3 is 1. The van der Waals surface area contributed by atoms with Gasteiger partial charge in [-0.05, 0) is 17.7 Å². The lowest BCUT2D eigenvalue weighted by atomic mass is 10.1. The lowest BCUT2D eigenvalue weighted by Gasteiger charge is -2.39. The summed E-state index contributed by atoms with van der Waals surface area (Å²) in [7, 11) is 1.39. The zero-order chi connectivity index (χ0) is 21.7. The molecule has 1 aliphatic heterocycles. The molecule has 0 aliphatic carbocycles. The summed E-state index contributed by atoms with van der Waals surface area (Å²) in [5.74, 6) is -0.902. The highest BCUT2D eigenvalue weighted by Gasteiger charge is 2.37. The van der Waals surface area contributed by atoms with Gasteiger partial charge < -0.3 is 24.4 Å². The van der Waals surface area contributed by atoms with Crippen LogP contribution in [0.25, 0.3) is 0 Å². The number of carboxylic acid groups (broad SMARTS) is 1. The molecule has 1 saturated heterocycles. The Labute approximate surface area is 172 Å². The third-order valence-electron chi connectivity index (χ3n) is 4.82. The van der Waals surface area contributed by atoms with E-state index in [1.165, 1.54) is 35.1 Å². The molecule has 1 heterocycles. The van der Waals surface area contributed by atoms with Gasteiger partial charge in [-0.1, -0.05) is 30.3 Å². The Morgan fingerprint density at radius 1 is 1.20 bits per heavy atom.